The Morgan fingerprint density at radius 2 is 1.44 bits per heavy atom. The van der Waals surface area contributed by atoms with Crippen LogP contribution in [0.25, 0.3) is 5.57 Å². The zero-order valence-electron chi connectivity index (χ0n) is 27.9. The summed E-state index contributed by atoms with van der Waals surface area (Å²) in [4.78, 5) is 53.1. The molecule has 1 aliphatic carbocycles. The molecule has 0 radical (unpaired) electrons. The van der Waals surface area contributed by atoms with Crippen LogP contribution >= 0.6 is 0 Å². The number of alkyl halides is 3. The first kappa shape index (κ1) is 37.4. The fraction of sp³-hybridized carbons (Fsp3) is 0.316. The van der Waals surface area contributed by atoms with E-state index in [0.717, 1.165) is 12.1 Å². The molecular weight excluding hydrogens is 655 g/mol. The lowest BCUT2D eigenvalue weighted by Crippen LogP contribution is -2.50. The van der Waals surface area contributed by atoms with Gasteiger partial charge in [-0.1, -0.05) is 60.7 Å². The minimum atomic E-state index is -4.48. The van der Waals surface area contributed by atoms with Crippen molar-refractivity contribution in [1.29, 1.82) is 0 Å². The quantitative estimate of drug-likeness (QED) is 0.109. The number of allylic oxidation sites excluding steroid dienone is 3. The highest BCUT2D eigenvalue weighted by atomic mass is 19.4. The third kappa shape index (κ3) is 8.79. The highest BCUT2D eigenvalue weighted by molar-refractivity contribution is 6.11. The van der Waals surface area contributed by atoms with E-state index in [1.165, 1.54) is 12.1 Å². The molecule has 1 aliphatic rings. The predicted octanol–water partition coefficient (Wildman–Crippen LogP) is 7.00. The fourth-order valence-corrected chi connectivity index (χ4v) is 5.42. The topological polar surface area (TPSA) is 117 Å². The summed E-state index contributed by atoms with van der Waals surface area (Å²) in [6.07, 6.45) is -0.230. The van der Waals surface area contributed by atoms with Crippen LogP contribution in [0.4, 0.5) is 18.9 Å². The maximum absolute atomic E-state index is 13.5. The number of ether oxygens (including phenoxy) is 4. The molecule has 0 spiro atoms. The van der Waals surface area contributed by atoms with Crippen LogP contribution in [0.3, 0.4) is 0 Å². The Morgan fingerprint density at radius 3 is 2.04 bits per heavy atom. The second kappa shape index (κ2) is 16.8. The lowest BCUT2D eigenvalue weighted by molar-refractivity contribution is -0.170. The van der Waals surface area contributed by atoms with Gasteiger partial charge in [0, 0.05) is 5.57 Å². The number of carbonyl (C=O) groups is 4. The minimum Gasteiger partial charge on any atom is -0.492 e. The first-order valence-electron chi connectivity index (χ1n) is 16.1. The summed E-state index contributed by atoms with van der Waals surface area (Å²) in [6, 6.07) is 17.4. The van der Waals surface area contributed by atoms with Crippen LogP contribution in [-0.4, -0.2) is 50.2 Å². The molecule has 264 valence electrons. The predicted molar refractivity (Wildman–Crippen MR) is 179 cm³/mol. The molecule has 3 aromatic rings. The number of esters is 3. The summed E-state index contributed by atoms with van der Waals surface area (Å²) in [6.45, 7) is 4.46. The van der Waals surface area contributed by atoms with Gasteiger partial charge in [-0.2, -0.15) is 13.2 Å². The molecule has 12 heteroatoms. The smallest absolute Gasteiger partial charge is 0.416 e. The second-order valence-electron chi connectivity index (χ2n) is 11.2. The Bertz CT molecular complexity index is 1730. The van der Waals surface area contributed by atoms with E-state index < -0.39 is 47.6 Å². The fourth-order valence-electron chi connectivity index (χ4n) is 5.42. The van der Waals surface area contributed by atoms with Gasteiger partial charge in [-0.05, 0) is 80.1 Å². The van der Waals surface area contributed by atoms with Gasteiger partial charge >= 0.3 is 24.1 Å². The summed E-state index contributed by atoms with van der Waals surface area (Å²) >= 11 is 0. The molecule has 1 N–H and O–H groups in total. The highest BCUT2D eigenvalue weighted by Gasteiger charge is 2.52. The van der Waals surface area contributed by atoms with Crippen molar-refractivity contribution in [2.75, 3.05) is 31.7 Å². The number of rotatable bonds is 14. The lowest BCUT2D eigenvalue weighted by atomic mass is 9.81. The number of hydrogen-bond donors (Lipinski definition) is 1. The van der Waals surface area contributed by atoms with Crippen molar-refractivity contribution in [1.82, 2.24) is 0 Å². The van der Waals surface area contributed by atoms with Gasteiger partial charge in [0.1, 0.15) is 12.4 Å². The first-order valence-corrected chi connectivity index (χ1v) is 16.1. The van der Waals surface area contributed by atoms with Crippen molar-refractivity contribution < 1.29 is 51.3 Å². The van der Waals surface area contributed by atoms with Gasteiger partial charge in [-0.25, -0.2) is 0 Å². The summed E-state index contributed by atoms with van der Waals surface area (Å²) in [5, 5.41) is 2.84. The molecule has 3 aromatic carbocycles. The minimum absolute atomic E-state index is 0.0196. The molecule has 0 atom stereocenters. The molecule has 0 aromatic heterocycles. The molecule has 0 unspecified atom stereocenters. The lowest BCUT2D eigenvalue weighted by Gasteiger charge is -2.29. The average molecular weight is 694 g/mol. The van der Waals surface area contributed by atoms with Crippen molar-refractivity contribution in [3.63, 3.8) is 0 Å². The molecule has 0 aliphatic heterocycles. The number of carbonyl (C=O) groups excluding carboxylic acids is 4. The standard InChI is InChI=1S/C38H38F3NO8/c1-4-47-32-22-25(23-33(43)50-24-37(35(45)48-5-2,36(46)49-6-3)27-12-8-7-9-13-27)16-21-31(32)42-34(44)30-15-11-10-14-29(30)26-17-19-28(20-18-26)38(39,40)41/h7-10,12-14,16-22H,4-6,11,15,23-24H2,1-3H3,(H,42,44). The van der Waals surface area contributed by atoms with Crippen LogP contribution in [0.5, 0.6) is 5.75 Å². The number of amides is 1. The van der Waals surface area contributed by atoms with E-state index in [1.807, 2.05) is 6.08 Å². The highest BCUT2D eigenvalue weighted by Crippen LogP contribution is 2.34. The maximum atomic E-state index is 13.5. The zero-order chi connectivity index (χ0) is 36.3. The number of halogens is 3. The number of hydrogen-bond acceptors (Lipinski definition) is 8. The first-order chi connectivity index (χ1) is 23.9. The Morgan fingerprint density at radius 1 is 0.780 bits per heavy atom. The van der Waals surface area contributed by atoms with Crippen LogP contribution < -0.4 is 10.1 Å². The second-order valence-corrected chi connectivity index (χ2v) is 11.2. The molecular formula is C38H38F3NO8. The van der Waals surface area contributed by atoms with Gasteiger partial charge in [0.05, 0.1) is 37.5 Å². The number of nitrogens with one attached hydrogen (secondary N) is 1. The maximum Gasteiger partial charge on any atom is 0.416 e. The molecule has 0 fully saturated rings. The van der Waals surface area contributed by atoms with Crippen LogP contribution in [0.2, 0.25) is 0 Å². The number of benzene rings is 3. The van der Waals surface area contributed by atoms with Crippen LogP contribution in [0.15, 0.2) is 90.5 Å². The van der Waals surface area contributed by atoms with Crippen LogP contribution in [-0.2, 0) is 51.4 Å². The van der Waals surface area contributed by atoms with Gasteiger partial charge in [0.2, 0.25) is 5.41 Å². The monoisotopic (exact) mass is 693 g/mol. The van der Waals surface area contributed by atoms with Crippen molar-refractivity contribution >= 4 is 35.1 Å². The summed E-state index contributed by atoms with van der Waals surface area (Å²) in [5.41, 5.74) is -0.435. The van der Waals surface area contributed by atoms with E-state index in [2.05, 4.69) is 5.32 Å². The molecule has 0 saturated heterocycles. The molecule has 50 heavy (non-hydrogen) atoms. The van der Waals surface area contributed by atoms with E-state index >= 15 is 0 Å². The zero-order valence-corrected chi connectivity index (χ0v) is 27.9. The molecule has 0 saturated carbocycles. The van der Waals surface area contributed by atoms with Crippen molar-refractivity contribution in [3.8, 4) is 5.75 Å². The molecule has 0 heterocycles. The molecule has 0 bridgehead atoms. The van der Waals surface area contributed by atoms with E-state index in [0.29, 0.717) is 40.8 Å². The van der Waals surface area contributed by atoms with Gasteiger partial charge in [0.15, 0.2) is 0 Å². The van der Waals surface area contributed by atoms with Gasteiger partial charge in [0.25, 0.3) is 5.91 Å². The van der Waals surface area contributed by atoms with Crippen molar-refractivity contribution in [3.05, 3.63) is 113 Å². The summed E-state index contributed by atoms with van der Waals surface area (Å²) < 4.78 is 61.1. The molecule has 1 amide bonds. The van der Waals surface area contributed by atoms with E-state index in [4.69, 9.17) is 18.9 Å². The largest absolute Gasteiger partial charge is 0.492 e. The van der Waals surface area contributed by atoms with Gasteiger partial charge in [-0.3, -0.25) is 19.2 Å². The Balaban J connectivity index is 1.54. The summed E-state index contributed by atoms with van der Waals surface area (Å²) in [5.74, 6) is -2.76. The van der Waals surface area contributed by atoms with E-state index in [-0.39, 0.29) is 37.6 Å². The third-order valence-electron chi connectivity index (χ3n) is 7.87. The van der Waals surface area contributed by atoms with Crippen LogP contribution in [0, 0.1) is 0 Å². The Labute approximate surface area is 288 Å². The van der Waals surface area contributed by atoms with Crippen molar-refractivity contribution in [2.24, 2.45) is 0 Å². The van der Waals surface area contributed by atoms with E-state index in [9.17, 15) is 32.3 Å². The molecule has 4 rings (SSSR count). The third-order valence-corrected chi connectivity index (χ3v) is 7.87. The molecule has 9 nitrogen and oxygen atoms in total. The SMILES string of the molecule is CCOC(=O)C(COC(=O)Cc1ccc(NC(=O)C2=C(c3ccc(C(F)(F)F)cc3)C=CCC2)c(OCC)c1)(C(=O)OCC)c1ccccc1. The number of anilines is 1. The van der Waals surface area contributed by atoms with Crippen molar-refractivity contribution in [2.45, 2.75) is 51.6 Å². The summed E-state index contributed by atoms with van der Waals surface area (Å²) in [7, 11) is 0. The van der Waals surface area contributed by atoms with Crippen LogP contribution in [0.1, 0.15) is 55.9 Å². The van der Waals surface area contributed by atoms with Gasteiger partial charge in [-0.15, -0.1) is 0 Å². The average Bonchev–Trinajstić information content (AvgIpc) is 3.10. The Hall–Kier alpha value is -5.39. The van der Waals surface area contributed by atoms with Gasteiger partial charge < -0.3 is 24.3 Å². The normalized spacial score (nSPS) is 13.0. The Kier molecular flexibility index (Phi) is 12.6. The van der Waals surface area contributed by atoms with E-state index in [1.54, 1.807) is 75.4 Å².